The summed E-state index contributed by atoms with van der Waals surface area (Å²) < 4.78 is 12.4. The van der Waals surface area contributed by atoms with E-state index in [9.17, 15) is 4.39 Å². The lowest BCUT2D eigenvalue weighted by molar-refractivity contribution is 0.327. The second kappa shape index (κ2) is 5.21. The zero-order valence-corrected chi connectivity index (χ0v) is 6.15. The molecule has 0 aliphatic rings. The largest absolute Gasteiger partial charge is 0.249 e. The van der Waals surface area contributed by atoms with Gasteiger partial charge in [0.1, 0.15) is 0 Å². The molecule has 0 heterocycles. The fraction of sp³-hybridized carbons (Fsp3) is 1.00. The van der Waals surface area contributed by atoms with E-state index in [1.165, 1.54) is 0 Å². The molecule has 1 atom stereocenters. The van der Waals surface area contributed by atoms with E-state index in [-0.39, 0.29) is 0 Å². The van der Waals surface area contributed by atoms with Gasteiger partial charge in [0.05, 0.1) is 21.9 Å². The molecule has 0 amide bonds. The van der Waals surface area contributed by atoms with E-state index in [2.05, 4.69) is 12.6 Å². The molecule has 0 saturated carbocycles. The van der Waals surface area contributed by atoms with Crippen molar-refractivity contribution in [2.24, 2.45) is 0 Å². The highest BCUT2D eigenvalue weighted by Crippen LogP contribution is 2.12. The second-order valence-electron chi connectivity index (χ2n) is 1.96. The molecule has 0 aromatic carbocycles. The monoisotopic (exact) mass is 142 g/mol. The molecule has 0 aliphatic heterocycles. The molecule has 0 bridgehead atoms. The van der Waals surface area contributed by atoms with E-state index in [0.717, 1.165) is 6.42 Å². The smallest absolute Gasteiger partial charge is 0.0880 e. The fourth-order valence-electron chi connectivity index (χ4n) is 0.479. The second-order valence-corrected chi connectivity index (χ2v) is 2.41. The van der Waals surface area contributed by atoms with Crippen molar-refractivity contribution in [1.82, 2.24) is 0 Å². The van der Waals surface area contributed by atoms with Crippen LogP contribution in [0.25, 0.3) is 0 Å². The number of hydrogen-bond acceptors (Lipinski definition) is 1. The quantitative estimate of drug-likeness (QED) is 0.441. The molecular weight excluding hydrogens is 133 g/mol. The average Bonchev–Trinajstić information content (AvgIpc) is 1.82. The third-order valence-corrected chi connectivity index (χ3v) is 1.37. The topological polar surface area (TPSA) is 0 Å². The van der Waals surface area contributed by atoms with Crippen LogP contribution >= 0.6 is 12.6 Å². The maximum absolute atomic E-state index is 12.4. The molecule has 0 saturated heterocycles. The van der Waals surface area contributed by atoms with Crippen LogP contribution in [0.2, 0.25) is 5.72 Å². The number of hydrogen-bond donors (Lipinski definition) is 1. The van der Waals surface area contributed by atoms with Crippen molar-refractivity contribution in [3.8, 4) is 0 Å². The summed E-state index contributed by atoms with van der Waals surface area (Å²) in [4.78, 5) is 0. The Morgan fingerprint density at radius 1 is 1.44 bits per heavy atom. The van der Waals surface area contributed by atoms with Gasteiger partial charge in [-0.3, -0.25) is 0 Å². The molecule has 0 rings (SSSR count). The average molecular weight is 142 g/mol. The molecule has 4 heteroatoms. The van der Waals surface area contributed by atoms with Gasteiger partial charge in [0.2, 0.25) is 0 Å². The van der Waals surface area contributed by atoms with Gasteiger partial charge in [-0.15, -0.1) is 0 Å². The molecule has 1 unspecified atom stereocenters. The highest BCUT2D eigenvalue weighted by atomic mass is 32.1. The first-order chi connectivity index (χ1) is 4.18. The van der Waals surface area contributed by atoms with E-state index in [0.29, 0.717) is 12.2 Å². The van der Waals surface area contributed by atoms with Crippen LogP contribution < -0.4 is 0 Å². The van der Waals surface area contributed by atoms with Gasteiger partial charge in [0, 0.05) is 0 Å². The van der Waals surface area contributed by atoms with Gasteiger partial charge in [-0.2, -0.15) is 12.6 Å². The Hall–Kier alpha value is 0.410. The van der Waals surface area contributed by atoms with Crippen molar-refractivity contribution in [1.29, 1.82) is 0 Å². The highest BCUT2D eigenvalue weighted by Gasteiger charge is 2.08. The van der Waals surface area contributed by atoms with E-state index < -0.39 is 11.9 Å². The Labute approximate surface area is 63.8 Å². The van der Waals surface area contributed by atoms with Gasteiger partial charge in [-0.05, 0) is 18.6 Å². The normalized spacial score (nSPS) is 14.1. The van der Waals surface area contributed by atoms with E-state index in [1.54, 1.807) is 0 Å². The van der Waals surface area contributed by atoms with Gasteiger partial charge in [0.15, 0.2) is 0 Å². The Balaban J connectivity index is 3.16. The first-order valence-corrected chi connectivity index (χ1v) is 3.58. The third-order valence-electron chi connectivity index (χ3n) is 1.06. The summed E-state index contributed by atoms with van der Waals surface area (Å²) in [6.45, 7) is 0. The molecule has 9 heavy (non-hydrogen) atoms. The van der Waals surface area contributed by atoms with Gasteiger partial charge < -0.3 is 0 Å². The van der Waals surface area contributed by atoms with Crippen molar-refractivity contribution in [2.45, 2.75) is 24.7 Å². The molecule has 0 aromatic rings. The summed E-state index contributed by atoms with van der Waals surface area (Å²) in [5.74, 6) is 0.688. The first-order valence-electron chi connectivity index (χ1n) is 2.94. The van der Waals surface area contributed by atoms with Crippen LogP contribution in [-0.4, -0.2) is 27.6 Å². The van der Waals surface area contributed by atoms with Crippen LogP contribution in [0, 0.1) is 0 Å². The SMILES string of the molecule is [B]C([B])C(F)CCCS. The summed E-state index contributed by atoms with van der Waals surface area (Å²) >= 11 is 3.92. The first kappa shape index (κ1) is 9.41. The molecule has 48 valence electrons. The van der Waals surface area contributed by atoms with Crippen molar-refractivity contribution < 1.29 is 4.39 Å². The lowest BCUT2D eigenvalue weighted by Crippen LogP contribution is -2.10. The predicted octanol–water partition coefficient (Wildman–Crippen LogP) is 1.12. The Kier molecular flexibility index (Phi) is 5.45. The zero-order chi connectivity index (χ0) is 7.28. The summed E-state index contributed by atoms with van der Waals surface area (Å²) in [5.41, 5.74) is -0.829. The molecule has 0 aromatic heterocycles. The van der Waals surface area contributed by atoms with Crippen LogP contribution in [0.15, 0.2) is 0 Å². The molecule has 4 radical (unpaired) electrons. The summed E-state index contributed by atoms with van der Waals surface area (Å²) in [7, 11) is 10.1. The maximum Gasteiger partial charge on any atom is 0.0880 e. The Bertz CT molecular complexity index is 70.0. The van der Waals surface area contributed by atoms with Crippen LogP contribution in [-0.2, 0) is 0 Å². The molecule has 0 fully saturated rings. The van der Waals surface area contributed by atoms with E-state index in [4.69, 9.17) is 15.7 Å². The molecule has 0 nitrogen and oxygen atoms in total. The fourth-order valence-corrected chi connectivity index (χ4v) is 0.661. The van der Waals surface area contributed by atoms with Crippen LogP contribution in [0.1, 0.15) is 12.8 Å². The minimum absolute atomic E-state index is 0.418. The number of halogens is 1. The minimum atomic E-state index is -1.07. The van der Waals surface area contributed by atoms with Crippen molar-refractivity contribution in [3.63, 3.8) is 0 Å². The Morgan fingerprint density at radius 2 is 2.00 bits per heavy atom. The third kappa shape index (κ3) is 4.89. The van der Waals surface area contributed by atoms with Crippen molar-refractivity contribution in [3.05, 3.63) is 0 Å². The standard InChI is InChI=1S/C5H9B2FS/c6-5(7)4(8)2-1-3-9/h4-5,9H,1-3H2. The summed E-state index contributed by atoms with van der Waals surface area (Å²) in [6.07, 6.45) is 0.0771. The highest BCUT2D eigenvalue weighted by molar-refractivity contribution is 7.80. The van der Waals surface area contributed by atoms with Gasteiger partial charge >= 0.3 is 0 Å². The van der Waals surface area contributed by atoms with Gasteiger partial charge in [0.25, 0.3) is 0 Å². The molecule has 0 spiro atoms. The summed E-state index contributed by atoms with van der Waals surface area (Å²) in [5, 5.41) is 0. The maximum atomic E-state index is 12.4. The van der Waals surface area contributed by atoms with Crippen LogP contribution in [0.3, 0.4) is 0 Å². The van der Waals surface area contributed by atoms with Crippen molar-refractivity contribution >= 4 is 28.3 Å². The molecule has 0 aliphatic carbocycles. The lowest BCUT2D eigenvalue weighted by atomic mass is 9.67. The lowest BCUT2D eigenvalue weighted by Gasteiger charge is -2.10. The van der Waals surface area contributed by atoms with E-state index in [1.807, 2.05) is 0 Å². The Morgan fingerprint density at radius 3 is 2.33 bits per heavy atom. The van der Waals surface area contributed by atoms with E-state index >= 15 is 0 Å². The predicted molar refractivity (Wildman–Crippen MR) is 43.2 cm³/mol. The molecule has 0 N–H and O–H groups in total. The molecular formula is C5H9B2FS. The number of thiol groups is 1. The number of alkyl halides is 1. The number of rotatable bonds is 4. The van der Waals surface area contributed by atoms with Gasteiger partial charge in [-0.1, -0.05) is 5.72 Å². The van der Waals surface area contributed by atoms with Crippen LogP contribution in [0.4, 0.5) is 4.39 Å². The summed E-state index contributed by atoms with van der Waals surface area (Å²) in [6, 6.07) is 0. The zero-order valence-electron chi connectivity index (χ0n) is 5.26. The van der Waals surface area contributed by atoms with Crippen LogP contribution in [0.5, 0.6) is 0 Å². The van der Waals surface area contributed by atoms with Crippen molar-refractivity contribution in [2.75, 3.05) is 5.75 Å². The minimum Gasteiger partial charge on any atom is -0.249 e. The van der Waals surface area contributed by atoms with Gasteiger partial charge in [-0.25, -0.2) is 4.39 Å².